The Balaban J connectivity index is 1.07. The summed E-state index contributed by atoms with van der Waals surface area (Å²) in [4.78, 5) is 24.5. The summed E-state index contributed by atoms with van der Waals surface area (Å²) in [6.45, 7) is 4.89. The molecule has 2 aromatic heterocycles. The van der Waals surface area contributed by atoms with Crippen LogP contribution in [0.4, 0.5) is 0 Å². The number of aromatic nitrogens is 2. The Labute approximate surface area is 204 Å². The Bertz CT molecular complexity index is 1330. The average Bonchev–Trinajstić information content (AvgIpc) is 3.52. The van der Waals surface area contributed by atoms with Crippen molar-refractivity contribution in [1.29, 1.82) is 0 Å². The highest BCUT2D eigenvalue weighted by Gasteiger charge is 2.30. The Morgan fingerprint density at radius 2 is 1.91 bits per heavy atom. The summed E-state index contributed by atoms with van der Waals surface area (Å²) in [7, 11) is 0. The number of H-pyrrole nitrogens is 2. The largest absolute Gasteiger partial charge is 0.508 e. The van der Waals surface area contributed by atoms with Crippen LogP contribution in [0.25, 0.3) is 21.8 Å². The molecule has 7 nitrogen and oxygen atoms in total. The standard InChI is InChI=1S/C28H32N4O3/c33-22-5-6-25-20(15-22)16-27(30-25)28(34)32-13-14-35-18-21(32)9-12-31-10-7-19(8-11-31)24-17-29-26-4-2-1-3-23(24)26/h1-6,15-17,19,21,29-30,33H,7-14,18H2/t21-/m1/s1. The van der Waals surface area contributed by atoms with Crippen molar-refractivity contribution in [1.82, 2.24) is 19.8 Å². The topological polar surface area (TPSA) is 84.6 Å². The molecule has 4 heterocycles. The predicted octanol–water partition coefficient (Wildman–Crippen LogP) is 4.47. The molecular formula is C28H32N4O3. The lowest BCUT2D eigenvalue weighted by Gasteiger charge is -2.38. The summed E-state index contributed by atoms with van der Waals surface area (Å²) < 4.78 is 5.76. The van der Waals surface area contributed by atoms with Crippen molar-refractivity contribution in [2.75, 3.05) is 39.4 Å². The SMILES string of the molecule is O=C(c1cc2cc(O)ccc2[nH]1)N1CCOC[C@H]1CCN1CCC(c2c[nH]c3ccccc23)CC1. The number of nitrogens with one attached hydrogen (secondary N) is 2. The molecule has 0 bridgehead atoms. The van der Waals surface area contributed by atoms with Gasteiger partial charge in [0.05, 0.1) is 19.3 Å². The number of aromatic amines is 2. The number of fused-ring (bicyclic) bond motifs is 2. The number of carbonyl (C=O) groups excluding carboxylic acids is 1. The third kappa shape index (κ3) is 4.42. The van der Waals surface area contributed by atoms with Gasteiger partial charge in [-0.15, -0.1) is 0 Å². The minimum absolute atomic E-state index is 0.00651. The zero-order valence-corrected chi connectivity index (χ0v) is 19.9. The number of ether oxygens (including phenoxy) is 1. The summed E-state index contributed by atoms with van der Waals surface area (Å²) >= 11 is 0. The van der Waals surface area contributed by atoms with Crippen LogP contribution in [0.3, 0.4) is 0 Å². The number of hydrogen-bond acceptors (Lipinski definition) is 4. The molecule has 0 aliphatic carbocycles. The van der Waals surface area contributed by atoms with E-state index in [9.17, 15) is 9.90 Å². The van der Waals surface area contributed by atoms with Crippen LogP contribution in [0.1, 0.15) is 41.2 Å². The minimum atomic E-state index is 0.00651. The van der Waals surface area contributed by atoms with Crippen LogP contribution in [0.2, 0.25) is 0 Å². The average molecular weight is 473 g/mol. The first-order valence-corrected chi connectivity index (χ1v) is 12.6. The number of phenols is 1. The Morgan fingerprint density at radius 3 is 2.80 bits per heavy atom. The molecule has 2 fully saturated rings. The lowest BCUT2D eigenvalue weighted by atomic mass is 9.89. The molecule has 0 spiro atoms. The van der Waals surface area contributed by atoms with E-state index < -0.39 is 0 Å². The van der Waals surface area contributed by atoms with Gasteiger partial charge < -0.3 is 29.6 Å². The number of hydrogen-bond donors (Lipinski definition) is 3. The second-order valence-electron chi connectivity index (χ2n) is 9.88. The quantitative estimate of drug-likeness (QED) is 0.400. The number of piperidine rings is 1. The van der Waals surface area contributed by atoms with Gasteiger partial charge >= 0.3 is 0 Å². The van der Waals surface area contributed by atoms with Gasteiger partial charge in [0.25, 0.3) is 5.91 Å². The predicted molar refractivity (Wildman–Crippen MR) is 137 cm³/mol. The molecule has 0 saturated carbocycles. The second-order valence-corrected chi connectivity index (χ2v) is 9.88. The van der Waals surface area contributed by atoms with Crippen molar-refractivity contribution in [3.8, 4) is 5.75 Å². The highest BCUT2D eigenvalue weighted by atomic mass is 16.5. The number of nitrogens with zero attached hydrogens (tertiary/aromatic N) is 2. The van der Waals surface area contributed by atoms with Crippen LogP contribution in [-0.4, -0.2) is 76.2 Å². The normalized spacial score (nSPS) is 20.1. The van der Waals surface area contributed by atoms with Crippen LogP contribution >= 0.6 is 0 Å². The molecule has 4 aromatic rings. The maximum absolute atomic E-state index is 13.4. The van der Waals surface area contributed by atoms with E-state index in [-0.39, 0.29) is 17.7 Å². The Kier molecular flexibility index (Phi) is 5.96. The van der Waals surface area contributed by atoms with E-state index >= 15 is 0 Å². The van der Waals surface area contributed by atoms with Gasteiger partial charge in [0, 0.05) is 41.1 Å². The van der Waals surface area contributed by atoms with Gasteiger partial charge in [0.15, 0.2) is 0 Å². The van der Waals surface area contributed by atoms with E-state index in [1.54, 1.807) is 18.2 Å². The molecule has 0 unspecified atom stereocenters. The number of para-hydroxylation sites is 1. The van der Waals surface area contributed by atoms with Crippen molar-refractivity contribution in [2.45, 2.75) is 31.2 Å². The van der Waals surface area contributed by atoms with Crippen LogP contribution in [0.15, 0.2) is 54.7 Å². The second kappa shape index (κ2) is 9.40. The van der Waals surface area contributed by atoms with Crippen molar-refractivity contribution in [3.63, 3.8) is 0 Å². The summed E-state index contributed by atoms with van der Waals surface area (Å²) in [5, 5.41) is 11.9. The molecule has 0 radical (unpaired) electrons. The number of likely N-dealkylation sites (tertiary alicyclic amines) is 1. The fourth-order valence-corrected chi connectivity index (χ4v) is 5.78. The van der Waals surface area contributed by atoms with Gasteiger partial charge in [0.2, 0.25) is 0 Å². The lowest BCUT2D eigenvalue weighted by molar-refractivity contribution is -0.00749. The summed E-state index contributed by atoms with van der Waals surface area (Å²) in [5.41, 5.74) is 4.09. The highest BCUT2D eigenvalue weighted by Crippen LogP contribution is 2.33. The molecule has 35 heavy (non-hydrogen) atoms. The summed E-state index contributed by atoms with van der Waals surface area (Å²) in [6.07, 6.45) is 5.42. The number of amides is 1. The first-order chi connectivity index (χ1) is 17.2. The molecular weight excluding hydrogens is 440 g/mol. The van der Waals surface area contributed by atoms with Crippen LogP contribution < -0.4 is 0 Å². The smallest absolute Gasteiger partial charge is 0.270 e. The number of morpholine rings is 1. The lowest BCUT2D eigenvalue weighted by Crippen LogP contribution is -2.50. The van der Waals surface area contributed by atoms with Crippen molar-refractivity contribution < 1.29 is 14.6 Å². The third-order valence-electron chi connectivity index (χ3n) is 7.75. The van der Waals surface area contributed by atoms with E-state index in [0.29, 0.717) is 31.4 Å². The maximum atomic E-state index is 13.4. The van der Waals surface area contributed by atoms with E-state index in [1.807, 2.05) is 11.0 Å². The monoisotopic (exact) mass is 472 g/mol. The summed E-state index contributed by atoms with van der Waals surface area (Å²) in [5.74, 6) is 0.806. The third-order valence-corrected chi connectivity index (χ3v) is 7.75. The maximum Gasteiger partial charge on any atom is 0.270 e. The van der Waals surface area contributed by atoms with Gasteiger partial charge in [-0.1, -0.05) is 18.2 Å². The molecule has 2 aromatic carbocycles. The number of benzene rings is 2. The first kappa shape index (κ1) is 22.2. The van der Waals surface area contributed by atoms with Crippen molar-refractivity contribution >= 4 is 27.7 Å². The van der Waals surface area contributed by atoms with E-state index in [2.05, 4.69) is 45.3 Å². The van der Waals surface area contributed by atoms with Crippen LogP contribution in [0.5, 0.6) is 5.75 Å². The Hall–Kier alpha value is -3.29. The zero-order valence-electron chi connectivity index (χ0n) is 19.9. The molecule has 2 aliphatic heterocycles. The summed E-state index contributed by atoms with van der Waals surface area (Å²) in [6, 6.07) is 15.6. The van der Waals surface area contributed by atoms with Crippen LogP contribution in [-0.2, 0) is 4.74 Å². The highest BCUT2D eigenvalue weighted by molar-refractivity contribution is 5.98. The zero-order chi connectivity index (χ0) is 23.8. The fourth-order valence-electron chi connectivity index (χ4n) is 5.78. The molecule has 6 rings (SSSR count). The molecule has 1 amide bonds. The number of aromatic hydroxyl groups is 1. The first-order valence-electron chi connectivity index (χ1n) is 12.6. The molecule has 2 saturated heterocycles. The van der Waals surface area contributed by atoms with Crippen molar-refractivity contribution in [2.24, 2.45) is 0 Å². The van der Waals surface area contributed by atoms with Gasteiger partial charge in [-0.3, -0.25) is 4.79 Å². The molecule has 7 heteroatoms. The number of phenolic OH excluding ortho intramolecular Hbond substituents is 1. The number of carbonyl (C=O) groups is 1. The number of rotatable bonds is 5. The molecule has 1 atom stereocenters. The molecule has 3 N–H and O–H groups in total. The van der Waals surface area contributed by atoms with Crippen molar-refractivity contribution in [3.05, 3.63) is 66.0 Å². The van der Waals surface area contributed by atoms with Gasteiger partial charge in [-0.05, 0) is 74.2 Å². The minimum Gasteiger partial charge on any atom is -0.508 e. The molecule has 182 valence electrons. The fraction of sp³-hybridized carbons (Fsp3) is 0.393. The van der Waals surface area contributed by atoms with Gasteiger partial charge in [0.1, 0.15) is 11.4 Å². The Morgan fingerprint density at radius 1 is 1.06 bits per heavy atom. The van der Waals surface area contributed by atoms with E-state index in [4.69, 9.17) is 4.74 Å². The van der Waals surface area contributed by atoms with Gasteiger partial charge in [-0.2, -0.15) is 0 Å². The van der Waals surface area contributed by atoms with E-state index in [0.717, 1.165) is 49.8 Å². The molecule has 2 aliphatic rings. The van der Waals surface area contributed by atoms with Gasteiger partial charge in [-0.25, -0.2) is 0 Å². The van der Waals surface area contributed by atoms with Crippen LogP contribution in [0, 0.1) is 0 Å². The van der Waals surface area contributed by atoms with E-state index in [1.165, 1.54) is 16.5 Å².